The van der Waals surface area contributed by atoms with Crippen molar-refractivity contribution in [3.05, 3.63) is 47.7 Å². The summed E-state index contributed by atoms with van der Waals surface area (Å²) >= 11 is 0. The van der Waals surface area contributed by atoms with E-state index in [1.165, 1.54) is 11.1 Å². The Balaban J connectivity index is 2.20. The average Bonchev–Trinajstić information content (AvgIpc) is 2.94. The number of nitrogens with one attached hydrogen (secondary N) is 1. The van der Waals surface area contributed by atoms with Gasteiger partial charge in [0, 0.05) is 5.56 Å². The highest BCUT2D eigenvalue weighted by Gasteiger charge is 2.12. The first-order chi connectivity index (χ1) is 9.26. The van der Waals surface area contributed by atoms with Crippen molar-refractivity contribution in [3.8, 4) is 11.3 Å². The summed E-state index contributed by atoms with van der Waals surface area (Å²) in [6, 6.07) is 12.9. The van der Waals surface area contributed by atoms with E-state index in [0.717, 1.165) is 30.9 Å². The molecular weight excluding hydrogens is 234 g/mol. The largest absolute Gasteiger partial charge is 0.459 e. The molecule has 1 unspecified atom stereocenters. The third-order valence-corrected chi connectivity index (χ3v) is 3.42. The van der Waals surface area contributed by atoms with E-state index >= 15 is 0 Å². The van der Waals surface area contributed by atoms with Gasteiger partial charge in [0.1, 0.15) is 11.5 Å². The van der Waals surface area contributed by atoms with Gasteiger partial charge in [-0.1, -0.05) is 38.1 Å². The molecule has 2 rings (SSSR count). The fourth-order valence-electron chi connectivity index (χ4n) is 2.26. The van der Waals surface area contributed by atoms with Gasteiger partial charge >= 0.3 is 0 Å². The lowest BCUT2D eigenvalue weighted by molar-refractivity contribution is 0.438. The molecule has 1 heterocycles. The Hall–Kier alpha value is -1.54. The molecule has 2 heteroatoms. The Morgan fingerprint density at radius 2 is 1.89 bits per heavy atom. The molecule has 1 aromatic carbocycles. The van der Waals surface area contributed by atoms with E-state index in [0.29, 0.717) is 0 Å². The maximum absolute atomic E-state index is 6.01. The Bertz CT molecular complexity index is 515. The first kappa shape index (κ1) is 13.9. The van der Waals surface area contributed by atoms with Gasteiger partial charge in [-0.2, -0.15) is 0 Å². The molecule has 0 radical (unpaired) electrons. The third kappa shape index (κ3) is 3.27. The molecule has 102 valence electrons. The van der Waals surface area contributed by atoms with Crippen LogP contribution in [0.15, 0.2) is 40.8 Å². The number of hydrogen-bond donors (Lipinski definition) is 1. The Morgan fingerprint density at radius 1 is 1.11 bits per heavy atom. The standard InChI is InChI=1S/C17H23NO/c1-4-12-18-13(3)16-10-11-17(19-16)15-9-7-6-8-14(15)5-2/h6-11,13,18H,4-5,12H2,1-3H3. The average molecular weight is 257 g/mol. The van der Waals surface area contributed by atoms with E-state index in [9.17, 15) is 0 Å². The second kappa shape index (κ2) is 6.58. The molecule has 1 N–H and O–H groups in total. The lowest BCUT2D eigenvalue weighted by Crippen LogP contribution is -2.18. The van der Waals surface area contributed by atoms with Crippen molar-refractivity contribution in [1.82, 2.24) is 5.32 Å². The first-order valence-electron chi connectivity index (χ1n) is 7.17. The molecule has 0 saturated heterocycles. The summed E-state index contributed by atoms with van der Waals surface area (Å²) in [5, 5.41) is 3.45. The fraction of sp³-hybridized carbons (Fsp3) is 0.412. The van der Waals surface area contributed by atoms with Crippen molar-refractivity contribution in [2.45, 2.75) is 39.7 Å². The van der Waals surface area contributed by atoms with Crippen LogP contribution in [0.4, 0.5) is 0 Å². The van der Waals surface area contributed by atoms with E-state index in [1.807, 2.05) is 0 Å². The minimum atomic E-state index is 0.266. The van der Waals surface area contributed by atoms with Gasteiger partial charge in [0.2, 0.25) is 0 Å². The highest BCUT2D eigenvalue weighted by atomic mass is 16.3. The van der Waals surface area contributed by atoms with E-state index in [1.54, 1.807) is 0 Å². The van der Waals surface area contributed by atoms with Crippen molar-refractivity contribution in [2.24, 2.45) is 0 Å². The minimum Gasteiger partial charge on any atom is -0.459 e. The summed E-state index contributed by atoms with van der Waals surface area (Å²) in [4.78, 5) is 0. The van der Waals surface area contributed by atoms with Gasteiger partial charge in [-0.3, -0.25) is 0 Å². The minimum absolute atomic E-state index is 0.266. The van der Waals surface area contributed by atoms with E-state index in [2.05, 4.69) is 62.5 Å². The van der Waals surface area contributed by atoms with E-state index < -0.39 is 0 Å². The summed E-state index contributed by atoms with van der Waals surface area (Å²) in [5.41, 5.74) is 2.54. The van der Waals surface area contributed by atoms with Crippen LogP contribution in [-0.4, -0.2) is 6.54 Å². The lowest BCUT2D eigenvalue weighted by Gasteiger charge is -2.10. The highest BCUT2D eigenvalue weighted by Crippen LogP contribution is 2.28. The second-order valence-corrected chi connectivity index (χ2v) is 4.89. The SMILES string of the molecule is CCCNC(C)c1ccc(-c2ccccc2CC)o1. The molecule has 0 aliphatic carbocycles. The zero-order chi connectivity index (χ0) is 13.7. The third-order valence-electron chi connectivity index (χ3n) is 3.42. The molecule has 0 bridgehead atoms. The number of rotatable bonds is 6. The molecule has 0 amide bonds. The summed E-state index contributed by atoms with van der Waals surface area (Å²) in [7, 11) is 0. The smallest absolute Gasteiger partial charge is 0.134 e. The molecular formula is C17H23NO. The van der Waals surface area contributed by atoms with Crippen LogP contribution in [0.5, 0.6) is 0 Å². The molecule has 0 aliphatic heterocycles. The Labute approximate surface area is 115 Å². The second-order valence-electron chi connectivity index (χ2n) is 4.89. The first-order valence-corrected chi connectivity index (χ1v) is 7.17. The van der Waals surface area contributed by atoms with Gasteiger partial charge in [0.05, 0.1) is 6.04 Å². The summed E-state index contributed by atoms with van der Waals surface area (Å²) < 4.78 is 6.01. The quantitative estimate of drug-likeness (QED) is 0.820. The Morgan fingerprint density at radius 3 is 2.63 bits per heavy atom. The van der Waals surface area contributed by atoms with Crippen LogP contribution in [0.1, 0.15) is 44.6 Å². The van der Waals surface area contributed by atoms with Gasteiger partial charge in [-0.05, 0) is 44.0 Å². The van der Waals surface area contributed by atoms with Crippen molar-refractivity contribution in [3.63, 3.8) is 0 Å². The van der Waals surface area contributed by atoms with Crippen LogP contribution < -0.4 is 5.32 Å². The number of benzene rings is 1. The molecule has 0 saturated carbocycles. The van der Waals surface area contributed by atoms with Gasteiger partial charge in [0.15, 0.2) is 0 Å². The summed E-state index contributed by atoms with van der Waals surface area (Å²) in [5.74, 6) is 1.98. The Kier molecular flexibility index (Phi) is 4.80. The molecule has 2 aromatic rings. The van der Waals surface area contributed by atoms with Gasteiger partial charge in [-0.25, -0.2) is 0 Å². The molecule has 1 aromatic heterocycles. The monoisotopic (exact) mass is 257 g/mol. The van der Waals surface area contributed by atoms with Gasteiger partial charge < -0.3 is 9.73 Å². The van der Waals surface area contributed by atoms with Crippen LogP contribution in [-0.2, 0) is 6.42 Å². The number of aryl methyl sites for hydroxylation is 1. The van der Waals surface area contributed by atoms with Crippen LogP contribution in [0.3, 0.4) is 0 Å². The zero-order valence-electron chi connectivity index (χ0n) is 12.1. The maximum atomic E-state index is 6.01. The molecule has 2 nitrogen and oxygen atoms in total. The summed E-state index contributed by atoms with van der Waals surface area (Å²) in [6.07, 6.45) is 2.16. The molecule has 19 heavy (non-hydrogen) atoms. The molecule has 1 atom stereocenters. The number of hydrogen-bond acceptors (Lipinski definition) is 2. The van der Waals surface area contributed by atoms with Crippen LogP contribution in [0, 0.1) is 0 Å². The van der Waals surface area contributed by atoms with Gasteiger partial charge in [0.25, 0.3) is 0 Å². The topological polar surface area (TPSA) is 25.2 Å². The highest BCUT2D eigenvalue weighted by molar-refractivity contribution is 5.62. The van der Waals surface area contributed by atoms with Gasteiger partial charge in [-0.15, -0.1) is 0 Å². The summed E-state index contributed by atoms with van der Waals surface area (Å²) in [6.45, 7) is 7.51. The normalized spacial score (nSPS) is 12.6. The fourth-order valence-corrected chi connectivity index (χ4v) is 2.26. The van der Waals surface area contributed by atoms with Crippen molar-refractivity contribution in [1.29, 1.82) is 0 Å². The molecule has 0 fully saturated rings. The predicted octanol–water partition coefficient (Wildman–Crippen LogP) is 4.57. The van der Waals surface area contributed by atoms with E-state index in [-0.39, 0.29) is 6.04 Å². The molecule has 0 aliphatic rings. The van der Waals surface area contributed by atoms with Crippen LogP contribution >= 0.6 is 0 Å². The molecule has 0 spiro atoms. The number of furan rings is 1. The maximum Gasteiger partial charge on any atom is 0.134 e. The van der Waals surface area contributed by atoms with Crippen molar-refractivity contribution in [2.75, 3.05) is 6.54 Å². The van der Waals surface area contributed by atoms with Crippen molar-refractivity contribution < 1.29 is 4.42 Å². The predicted molar refractivity (Wildman–Crippen MR) is 80.2 cm³/mol. The van der Waals surface area contributed by atoms with Crippen molar-refractivity contribution >= 4 is 0 Å². The van der Waals surface area contributed by atoms with Crippen LogP contribution in [0.25, 0.3) is 11.3 Å². The zero-order valence-corrected chi connectivity index (χ0v) is 12.1. The van der Waals surface area contributed by atoms with Crippen LogP contribution in [0.2, 0.25) is 0 Å². The lowest BCUT2D eigenvalue weighted by atomic mass is 10.0. The van der Waals surface area contributed by atoms with E-state index in [4.69, 9.17) is 4.42 Å².